The van der Waals surface area contributed by atoms with E-state index in [0.717, 1.165) is 17.0 Å². The highest BCUT2D eigenvalue weighted by atomic mass is 79.9. The van der Waals surface area contributed by atoms with E-state index in [9.17, 15) is 22.4 Å². The van der Waals surface area contributed by atoms with Crippen LogP contribution in [0.3, 0.4) is 0 Å². The van der Waals surface area contributed by atoms with Crippen LogP contribution < -0.4 is 4.90 Å². The summed E-state index contributed by atoms with van der Waals surface area (Å²) in [6, 6.07) is 2.31. The van der Waals surface area contributed by atoms with Crippen LogP contribution in [-0.2, 0) is 11.0 Å². The van der Waals surface area contributed by atoms with Crippen LogP contribution >= 0.6 is 15.9 Å². The molecule has 1 atom stereocenters. The number of halogens is 5. The molecule has 18 heavy (non-hydrogen) atoms. The van der Waals surface area contributed by atoms with Crippen LogP contribution in [0.25, 0.3) is 0 Å². The molecule has 0 aromatic heterocycles. The molecule has 1 unspecified atom stereocenters. The highest BCUT2D eigenvalue weighted by Gasteiger charge is 2.38. The number of nitrogens with zero attached hydrogens (tertiary/aromatic N) is 1. The molecule has 2 nitrogen and oxygen atoms in total. The van der Waals surface area contributed by atoms with Gasteiger partial charge in [0, 0.05) is 17.8 Å². The van der Waals surface area contributed by atoms with E-state index >= 15 is 0 Å². The van der Waals surface area contributed by atoms with E-state index in [4.69, 9.17) is 0 Å². The summed E-state index contributed by atoms with van der Waals surface area (Å²) >= 11 is 3.19. The third-order valence-electron chi connectivity index (χ3n) is 2.63. The van der Waals surface area contributed by atoms with Crippen molar-refractivity contribution in [2.75, 3.05) is 11.4 Å². The maximum absolute atomic E-state index is 12.9. The normalized spacial score (nSPS) is 20.6. The highest BCUT2D eigenvalue weighted by Crippen LogP contribution is 2.38. The summed E-state index contributed by atoms with van der Waals surface area (Å²) in [5, 5.41) is 0. The molecule has 98 valence electrons. The number of rotatable bonds is 1. The molecule has 0 aliphatic carbocycles. The summed E-state index contributed by atoms with van der Waals surface area (Å²) in [4.78, 5) is 12.4. The van der Waals surface area contributed by atoms with E-state index in [1.807, 2.05) is 0 Å². The van der Waals surface area contributed by atoms with Crippen molar-refractivity contribution in [3.8, 4) is 0 Å². The third kappa shape index (κ3) is 2.50. The van der Waals surface area contributed by atoms with Crippen LogP contribution in [0.1, 0.15) is 12.0 Å². The molecule has 0 bridgehead atoms. The summed E-state index contributed by atoms with van der Waals surface area (Å²) in [6.45, 7) is 0.146. The van der Waals surface area contributed by atoms with Gasteiger partial charge in [0.2, 0.25) is 5.91 Å². The first kappa shape index (κ1) is 13.3. The van der Waals surface area contributed by atoms with Gasteiger partial charge in [0.05, 0.1) is 11.3 Å². The molecule has 0 spiro atoms. The second-order valence-corrected chi connectivity index (χ2v) is 5.26. The lowest BCUT2D eigenvalue weighted by Crippen LogP contribution is -2.27. The van der Waals surface area contributed by atoms with E-state index in [0.29, 0.717) is 6.07 Å². The maximum atomic E-state index is 12.9. The maximum Gasteiger partial charge on any atom is 0.418 e. The van der Waals surface area contributed by atoms with Crippen molar-refractivity contribution >= 4 is 27.5 Å². The van der Waals surface area contributed by atoms with Crippen LogP contribution in [0, 0.1) is 5.82 Å². The first-order chi connectivity index (χ1) is 8.29. The Hall–Kier alpha value is -1.11. The zero-order valence-electron chi connectivity index (χ0n) is 8.97. The lowest BCUT2D eigenvalue weighted by molar-refractivity contribution is -0.137. The average molecular weight is 326 g/mol. The molecule has 1 aromatic rings. The van der Waals surface area contributed by atoms with Crippen LogP contribution in [0.5, 0.6) is 0 Å². The number of carbonyl (C=O) groups is 1. The van der Waals surface area contributed by atoms with E-state index in [2.05, 4.69) is 15.9 Å². The molecule has 2 rings (SSSR count). The monoisotopic (exact) mass is 325 g/mol. The summed E-state index contributed by atoms with van der Waals surface area (Å²) in [7, 11) is 0. The lowest BCUT2D eigenvalue weighted by Gasteiger charge is -2.21. The summed E-state index contributed by atoms with van der Waals surface area (Å²) < 4.78 is 51.3. The largest absolute Gasteiger partial charge is 0.418 e. The smallest absolute Gasteiger partial charge is 0.311 e. The minimum absolute atomic E-state index is 0.134. The minimum atomic E-state index is -4.69. The molecule has 0 N–H and O–H groups in total. The third-order valence-corrected chi connectivity index (χ3v) is 3.25. The summed E-state index contributed by atoms with van der Waals surface area (Å²) in [5.41, 5.74) is -1.42. The number of carbonyl (C=O) groups excluding carboxylic acids is 1. The fraction of sp³-hybridized carbons (Fsp3) is 0.364. The predicted molar refractivity (Wildman–Crippen MR) is 61.1 cm³/mol. The molecule has 1 aliphatic heterocycles. The first-order valence-corrected chi connectivity index (χ1v) is 6.02. The Morgan fingerprint density at radius 2 is 2.00 bits per heavy atom. The van der Waals surface area contributed by atoms with Gasteiger partial charge >= 0.3 is 6.18 Å². The van der Waals surface area contributed by atoms with Gasteiger partial charge < -0.3 is 4.90 Å². The van der Waals surface area contributed by atoms with Crippen molar-refractivity contribution in [3.05, 3.63) is 29.6 Å². The average Bonchev–Trinajstić information content (AvgIpc) is 2.56. The molecule has 0 radical (unpaired) electrons. The molecular formula is C11H8BrF4NO. The zero-order chi connectivity index (χ0) is 13.5. The van der Waals surface area contributed by atoms with Crippen molar-refractivity contribution in [3.63, 3.8) is 0 Å². The molecule has 1 aromatic carbocycles. The van der Waals surface area contributed by atoms with Crippen molar-refractivity contribution in [1.29, 1.82) is 0 Å². The van der Waals surface area contributed by atoms with Crippen LogP contribution in [0.15, 0.2) is 18.2 Å². The van der Waals surface area contributed by atoms with E-state index in [1.54, 1.807) is 0 Å². The highest BCUT2D eigenvalue weighted by molar-refractivity contribution is 9.09. The SMILES string of the molecule is O=C1CC(Br)CN1c1ccc(F)cc1C(F)(F)F. The molecule has 1 aliphatic rings. The Balaban J connectivity index is 2.48. The van der Waals surface area contributed by atoms with Crippen molar-refractivity contribution in [1.82, 2.24) is 0 Å². The second-order valence-electron chi connectivity index (χ2n) is 3.96. The number of hydrogen-bond donors (Lipinski definition) is 0. The van der Waals surface area contributed by atoms with E-state index in [1.165, 1.54) is 0 Å². The standard InChI is InChI=1S/C11H8BrF4NO/c12-6-3-10(18)17(5-6)9-2-1-7(13)4-8(9)11(14,15)16/h1-2,4,6H,3,5H2. The second kappa shape index (κ2) is 4.53. The van der Waals surface area contributed by atoms with Gasteiger partial charge in [-0.2, -0.15) is 13.2 Å². The first-order valence-electron chi connectivity index (χ1n) is 5.10. The lowest BCUT2D eigenvalue weighted by atomic mass is 10.1. The van der Waals surface area contributed by atoms with Crippen LogP contribution in [0.4, 0.5) is 23.2 Å². The van der Waals surface area contributed by atoms with E-state index < -0.39 is 23.5 Å². The van der Waals surface area contributed by atoms with Crippen LogP contribution in [0.2, 0.25) is 0 Å². The van der Waals surface area contributed by atoms with Gasteiger partial charge in [0.15, 0.2) is 0 Å². The number of anilines is 1. The topological polar surface area (TPSA) is 20.3 Å². The zero-order valence-corrected chi connectivity index (χ0v) is 10.6. The van der Waals surface area contributed by atoms with Gasteiger partial charge in [-0.1, -0.05) is 15.9 Å². The van der Waals surface area contributed by atoms with Gasteiger partial charge in [-0.3, -0.25) is 4.79 Å². The Morgan fingerprint density at radius 1 is 1.33 bits per heavy atom. The Morgan fingerprint density at radius 3 is 2.50 bits per heavy atom. The van der Waals surface area contributed by atoms with Gasteiger partial charge in [0.25, 0.3) is 0 Å². The van der Waals surface area contributed by atoms with Gasteiger partial charge in [0.1, 0.15) is 5.82 Å². The molecule has 1 amide bonds. The van der Waals surface area contributed by atoms with Crippen LogP contribution in [-0.4, -0.2) is 17.3 Å². The molecule has 0 saturated carbocycles. The molecule has 1 fully saturated rings. The number of hydrogen-bond acceptors (Lipinski definition) is 1. The number of benzene rings is 1. The Bertz CT molecular complexity index is 488. The molecule has 7 heteroatoms. The van der Waals surface area contributed by atoms with Crippen molar-refractivity contribution < 1.29 is 22.4 Å². The van der Waals surface area contributed by atoms with Gasteiger partial charge in [-0.25, -0.2) is 4.39 Å². The summed E-state index contributed by atoms with van der Waals surface area (Å²) in [5.74, 6) is -1.39. The van der Waals surface area contributed by atoms with Gasteiger partial charge in [-0.15, -0.1) is 0 Å². The fourth-order valence-corrected chi connectivity index (χ4v) is 2.43. The molecule has 1 saturated heterocycles. The van der Waals surface area contributed by atoms with Crippen molar-refractivity contribution in [2.45, 2.75) is 17.4 Å². The fourth-order valence-electron chi connectivity index (χ4n) is 1.87. The molecule has 1 heterocycles. The molecular weight excluding hydrogens is 318 g/mol. The minimum Gasteiger partial charge on any atom is -0.311 e. The number of alkyl halides is 4. The van der Waals surface area contributed by atoms with Crippen molar-refractivity contribution in [2.24, 2.45) is 0 Å². The Labute approximate surface area is 109 Å². The quantitative estimate of drug-likeness (QED) is 0.573. The Kier molecular flexibility index (Phi) is 3.35. The predicted octanol–water partition coefficient (Wildman–Crippen LogP) is 3.34. The van der Waals surface area contributed by atoms with E-state index in [-0.39, 0.29) is 23.5 Å². The summed E-state index contributed by atoms with van der Waals surface area (Å²) in [6.07, 6.45) is -4.56. The number of amides is 1. The van der Waals surface area contributed by atoms with Gasteiger partial charge in [-0.05, 0) is 18.2 Å².